The maximum absolute atomic E-state index is 12.3. The summed E-state index contributed by atoms with van der Waals surface area (Å²) in [7, 11) is 1.48. The molecule has 4 N–H and O–H groups in total. The number of aromatic nitrogens is 7. The average Bonchev–Trinajstić information content (AvgIpc) is 3.38. The molecule has 4 rings (SSSR count). The Hall–Kier alpha value is -2.65. The number of nitrogens with two attached hydrogens (primary N) is 1. The first-order chi connectivity index (χ1) is 16.1. The van der Waals surface area contributed by atoms with E-state index in [0.717, 1.165) is 0 Å². The average molecular weight is 498 g/mol. The number of tetrazole rings is 1. The summed E-state index contributed by atoms with van der Waals surface area (Å²) in [6.07, 6.45) is 1.50. The van der Waals surface area contributed by atoms with Crippen LogP contribution in [0.25, 0.3) is 22.9 Å². The van der Waals surface area contributed by atoms with Crippen molar-refractivity contribution >= 4 is 5.91 Å². The Morgan fingerprint density at radius 2 is 1.91 bits per heavy atom. The number of carbonyl (C=O) groups excluding carboxylic acids is 1. The quantitative estimate of drug-likeness (QED) is 0.188. The number of primary amides is 1. The standard InChI is InChI=1S/C20H18N8O5.2Na.2H/c1-31-13-4-2-3-5-14(13)33-16-15(17(21)30)23-18(24-20(16)32-9-8-29)11-6-7-22-12(10-11)19-25-27-28-26-19;;;;/h2-7,10,29H,8-9H2,1H3,(H2,21,30)(H,25,26,27,28);;;;/q;2*+1;2*-1. The van der Waals surface area contributed by atoms with Gasteiger partial charge in [-0.25, -0.2) is 4.98 Å². The Balaban J connectivity index is 0.00000324. The molecule has 0 bridgehead atoms. The molecule has 0 saturated heterocycles. The number of amides is 1. The fourth-order valence-corrected chi connectivity index (χ4v) is 2.83. The molecule has 0 unspecified atom stereocenters. The molecule has 0 aliphatic carbocycles. The van der Waals surface area contributed by atoms with Gasteiger partial charge in [-0.15, -0.1) is 10.2 Å². The van der Waals surface area contributed by atoms with Gasteiger partial charge in [0.15, 0.2) is 23.0 Å². The van der Waals surface area contributed by atoms with E-state index in [1.54, 1.807) is 36.4 Å². The summed E-state index contributed by atoms with van der Waals surface area (Å²) in [4.78, 5) is 25.2. The van der Waals surface area contributed by atoms with Gasteiger partial charge in [0, 0.05) is 11.8 Å². The van der Waals surface area contributed by atoms with E-state index in [4.69, 9.17) is 19.9 Å². The molecular formula is C20H20N8Na2O5. The van der Waals surface area contributed by atoms with E-state index in [1.807, 2.05) is 0 Å². The van der Waals surface area contributed by atoms with Gasteiger partial charge in [0.05, 0.1) is 13.7 Å². The molecule has 0 radical (unpaired) electrons. The smallest absolute Gasteiger partial charge is 1.00 e. The number of aliphatic hydroxyl groups is 1. The molecule has 0 aliphatic rings. The van der Waals surface area contributed by atoms with Crippen LogP contribution in [0.1, 0.15) is 13.3 Å². The summed E-state index contributed by atoms with van der Waals surface area (Å²) < 4.78 is 16.7. The summed E-state index contributed by atoms with van der Waals surface area (Å²) in [5, 5.41) is 22.9. The fraction of sp³-hybridized carbons (Fsp3) is 0.150. The number of benzene rings is 1. The molecule has 0 saturated carbocycles. The molecule has 0 spiro atoms. The maximum Gasteiger partial charge on any atom is 1.00 e. The van der Waals surface area contributed by atoms with Crippen molar-refractivity contribution in [2.45, 2.75) is 0 Å². The van der Waals surface area contributed by atoms with Crippen molar-refractivity contribution in [1.29, 1.82) is 0 Å². The van der Waals surface area contributed by atoms with E-state index in [0.29, 0.717) is 17.0 Å². The molecule has 15 heteroatoms. The van der Waals surface area contributed by atoms with Crippen molar-refractivity contribution in [3.63, 3.8) is 0 Å². The number of para-hydroxylation sites is 2. The number of rotatable bonds is 9. The minimum atomic E-state index is -0.871. The van der Waals surface area contributed by atoms with Gasteiger partial charge in [-0.05, 0) is 29.5 Å². The van der Waals surface area contributed by atoms with E-state index in [9.17, 15) is 9.90 Å². The molecule has 13 nitrogen and oxygen atoms in total. The van der Waals surface area contributed by atoms with Crippen molar-refractivity contribution in [2.75, 3.05) is 20.3 Å². The van der Waals surface area contributed by atoms with Gasteiger partial charge >= 0.3 is 59.1 Å². The summed E-state index contributed by atoms with van der Waals surface area (Å²) >= 11 is 0. The molecule has 3 aromatic heterocycles. The van der Waals surface area contributed by atoms with Crippen molar-refractivity contribution in [1.82, 2.24) is 35.6 Å². The van der Waals surface area contributed by atoms with Crippen LogP contribution in [0.3, 0.4) is 0 Å². The predicted molar refractivity (Wildman–Crippen MR) is 115 cm³/mol. The molecule has 1 aromatic carbocycles. The Morgan fingerprint density at radius 3 is 2.57 bits per heavy atom. The topological polar surface area (TPSA) is 184 Å². The predicted octanol–water partition coefficient (Wildman–Crippen LogP) is -4.78. The molecule has 4 aromatic rings. The van der Waals surface area contributed by atoms with Crippen LogP contribution >= 0.6 is 0 Å². The molecule has 0 fully saturated rings. The van der Waals surface area contributed by atoms with Gasteiger partial charge in [0.1, 0.15) is 12.3 Å². The van der Waals surface area contributed by atoms with Crippen molar-refractivity contribution in [3.8, 4) is 46.0 Å². The van der Waals surface area contributed by atoms with Crippen LogP contribution in [0, 0.1) is 0 Å². The van der Waals surface area contributed by atoms with Gasteiger partial charge in [-0.2, -0.15) is 10.2 Å². The van der Waals surface area contributed by atoms with Crippen LogP contribution in [0.4, 0.5) is 0 Å². The number of ether oxygens (including phenoxy) is 3. The van der Waals surface area contributed by atoms with Gasteiger partial charge in [-0.1, -0.05) is 12.1 Å². The third kappa shape index (κ3) is 6.73. The first-order valence-electron chi connectivity index (χ1n) is 9.57. The summed E-state index contributed by atoms with van der Waals surface area (Å²) in [5.41, 5.74) is 6.25. The number of nitrogens with one attached hydrogen (secondary N) is 1. The third-order valence-electron chi connectivity index (χ3n) is 4.27. The molecular weight excluding hydrogens is 478 g/mol. The number of carbonyl (C=O) groups is 1. The molecule has 0 atom stereocenters. The first kappa shape index (κ1) is 28.6. The normalized spacial score (nSPS) is 10.0. The second-order valence-electron chi connectivity index (χ2n) is 6.38. The molecule has 172 valence electrons. The molecule has 1 amide bonds. The number of aromatic amines is 1. The third-order valence-corrected chi connectivity index (χ3v) is 4.27. The first-order valence-corrected chi connectivity index (χ1v) is 9.57. The Morgan fingerprint density at radius 1 is 1.14 bits per heavy atom. The Bertz CT molecular complexity index is 1290. The largest absolute Gasteiger partial charge is 1.00 e. The van der Waals surface area contributed by atoms with Crippen LogP contribution in [0.15, 0.2) is 42.6 Å². The van der Waals surface area contributed by atoms with Crippen LogP contribution in [0.5, 0.6) is 23.1 Å². The number of H-pyrrole nitrogens is 1. The second-order valence-corrected chi connectivity index (χ2v) is 6.38. The van der Waals surface area contributed by atoms with Gasteiger partial charge < -0.3 is 27.9 Å². The van der Waals surface area contributed by atoms with Crippen LogP contribution < -0.4 is 79.1 Å². The van der Waals surface area contributed by atoms with E-state index in [2.05, 4.69) is 35.6 Å². The number of hydrogen-bond acceptors (Lipinski definition) is 11. The molecule has 35 heavy (non-hydrogen) atoms. The van der Waals surface area contributed by atoms with Crippen molar-refractivity contribution in [3.05, 3.63) is 48.3 Å². The number of methoxy groups -OCH3 is 1. The van der Waals surface area contributed by atoms with E-state index >= 15 is 0 Å². The Labute approximate surface area is 246 Å². The van der Waals surface area contributed by atoms with Crippen molar-refractivity contribution < 1.29 is 86.1 Å². The van der Waals surface area contributed by atoms with Crippen LogP contribution in [-0.2, 0) is 0 Å². The second kappa shape index (κ2) is 13.4. The van der Waals surface area contributed by atoms with E-state index in [1.165, 1.54) is 13.3 Å². The van der Waals surface area contributed by atoms with E-state index in [-0.39, 0.29) is 110 Å². The summed E-state index contributed by atoms with van der Waals surface area (Å²) in [6.45, 7) is -0.405. The van der Waals surface area contributed by atoms with Crippen LogP contribution in [-0.4, -0.2) is 66.9 Å². The van der Waals surface area contributed by atoms with Crippen molar-refractivity contribution in [2.24, 2.45) is 5.73 Å². The maximum atomic E-state index is 12.3. The zero-order valence-electron chi connectivity index (χ0n) is 21.3. The molecule has 3 heterocycles. The summed E-state index contributed by atoms with van der Waals surface area (Å²) in [5.74, 6) is -0.00992. The minimum absolute atomic E-state index is 0. The van der Waals surface area contributed by atoms with E-state index < -0.39 is 5.91 Å². The monoisotopic (exact) mass is 498 g/mol. The van der Waals surface area contributed by atoms with Crippen LogP contribution in [0.2, 0.25) is 0 Å². The number of hydrogen-bond donors (Lipinski definition) is 3. The van der Waals surface area contributed by atoms with Gasteiger partial charge in [0.2, 0.25) is 11.6 Å². The minimum Gasteiger partial charge on any atom is -1.00 e. The number of nitrogens with zero attached hydrogens (tertiary/aromatic N) is 6. The SMILES string of the molecule is COc1ccccc1Oc1c(OCCO)nc(-c2ccnc(-c3nn[nH]n3)c2)nc1C(N)=O.[H-].[H-].[Na+].[Na+]. The Kier molecular flexibility index (Phi) is 11.0. The summed E-state index contributed by atoms with van der Waals surface area (Å²) in [6, 6.07) is 10.0. The zero-order valence-corrected chi connectivity index (χ0v) is 23.3. The van der Waals surface area contributed by atoms with Gasteiger partial charge in [-0.3, -0.25) is 9.78 Å². The molecule has 0 aliphatic heterocycles. The number of aliphatic hydroxyl groups excluding tert-OH is 1. The number of pyridine rings is 1. The van der Waals surface area contributed by atoms with Gasteiger partial charge in [0.25, 0.3) is 11.8 Å². The zero-order chi connectivity index (χ0) is 23.2. The fourth-order valence-electron chi connectivity index (χ4n) is 2.83.